The van der Waals surface area contributed by atoms with Crippen molar-refractivity contribution < 1.29 is 0 Å². The van der Waals surface area contributed by atoms with Crippen LogP contribution in [-0.4, -0.2) is 6.54 Å². The maximum atomic E-state index is 5.75. The van der Waals surface area contributed by atoms with Gasteiger partial charge in [0.2, 0.25) is 0 Å². The molecular weight excluding hydrogens is 252 g/mol. The van der Waals surface area contributed by atoms with Crippen LogP contribution >= 0.6 is 11.3 Å². The first-order chi connectivity index (χ1) is 9.20. The van der Waals surface area contributed by atoms with Crippen LogP contribution in [0.15, 0.2) is 30.3 Å². The molecule has 0 aliphatic heterocycles. The average Bonchev–Trinajstić information content (AvgIpc) is 2.74. The second-order valence-electron chi connectivity index (χ2n) is 4.85. The van der Waals surface area contributed by atoms with Gasteiger partial charge in [-0.15, -0.1) is 11.3 Å². The first-order valence-electron chi connectivity index (χ1n) is 6.74. The fraction of sp³-hybridized carbons (Fsp3) is 0.375. The Kier molecular flexibility index (Phi) is 5.14. The smallest absolute Gasteiger partial charge is 0.0300 e. The Labute approximate surface area is 119 Å². The number of hydrogen-bond donors (Lipinski definition) is 2. The van der Waals surface area contributed by atoms with Crippen molar-refractivity contribution in [2.45, 2.75) is 33.4 Å². The molecule has 0 saturated heterocycles. The van der Waals surface area contributed by atoms with Gasteiger partial charge in [0.25, 0.3) is 0 Å². The second-order valence-corrected chi connectivity index (χ2v) is 6.19. The lowest BCUT2D eigenvalue weighted by molar-refractivity contribution is 0.690. The predicted octanol–water partition coefficient (Wildman–Crippen LogP) is 3.16. The minimum atomic E-state index is 0.624. The van der Waals surface area contributed by atoms with E-state index < -0.39 is 0 Å². The lowest BCUT2D eigenvalue weighted by Crippen LogP contribution is -2.17. The van der Waals surface area contributed by atoms with Gasteiger partial charge < -0.3 is 11.1 Å². The molecule has 19 heavy (non-hydrogen) atoms. The highest BCUT2D eigenvalue weighted by atomic mass is 32.1. The van der Waals surface area contributed by atoms with Gasteiger partial charge in [-0.05, 0) is 49.6 Å². The molecule has 0 aliphatic carbocycles. The van der Waals surface area contributed by atoms with Crippen molar-refractivity contribution in [2.24, 2.45) is 5.73 Å². The van der Waals surface area contributed by atoms with Crippen LogP contribution in [0.4, 0.5) is 0 Å². The molecule has 102 valence electrons. The summed E-state index contributed by atoms with van der Waals surface area (Å²) in [6, 6.07) is 10.7. The van der Waals surface area contributed by atoms with Crippen LogP contribution in [0.5, 0.6) is 0 Å². The molecule has 0 radical (unpaired) electrons. The van der Waals surface area contributed by atoms with Gasteiger partial charge in [0.1, 0.15) is 0 Å². The van der Waals surface area contributed by atoms with Crippen molar-refractivity contribution in [1.29, 1.82) is 0 Å². The number of hydrogen-bond acceptors (Lipinski definition) is 3. The third-order valence-corrected chi connectivity index (χ3v) is 4.58. The van der Waals surface area contributed by atoms with Gasteiger partial charge in [-0.2, -0.15) is 0 Å². The highest BCUT2D eigenvalue weighted by molar-refractivity contribution is 7.12. The molecule has 2 aromatic rings. The van der Waals surface area contributed by atoms with E-state index in [4.69, 9.17) is 5.73 Å². The molecule has 1 heterocycles. The van der Waals surface area contributed by atoms with Gasteiger partial charge in [-0.3, -0.25) is 0 Å². The number of nitrogens with one attached hydrogen (secondary N) is 1. The van der Waals surface area contributed by atoms with Crippen molar-refractivity contribution in [3.8, 4) is 0 Å². The summed E-state index contributed by atoms with van der Waals surface area (Å²) in [6.45, 7) is 6.93. The Balaban J connectivity index is 1.80. The molecule has 0 bridgehead atoms. The van der Waals surface area contributed by atoms with E-state index in [-0.39, 0.29) is 0 Å². The van der Waals surface area contributed by atoms with E-state index in [2.05, 4.69) is 49.5 Å². The number of benzene rings is 1. The normalized spacial score (nSPS) is 10.9. The number of aryl methyl sites for hydroxylation is 2. The first-order valence-corrected chi connectivity index (χ1v) is 7.56. The minimum Gasteiger partial charge on any atom is -0.326 e. The topological polar surface area (TPSA) is 38.0 Å². The molecule has 3 N–H and O–H groups in total. The third-order valence-electron chi connectivity index (χ3n) is 3.43. The highest BCUT2D eigenvalue weighted by Gasteiger charge is 2.02. The summed E-state index contributed by atoms with van der Waals surface area (Å²) in [5.41, 5.74) is 9.76. The zero-order valence-electron chi connectivity index (χ0n) is 11.7. The van der Waals surface area contributed by atoms with Crippen molar-refractivity contribution >= 4 is 11.3 Å². The van der Waals surface area contributed by atoms with Crippen LogP contribution in [0.2, 0.25) is 0 Å². The molecule has 0 fully saturated rings. The van der Waals surface area contributed by atoms with Gasteiger partial charge in [-0.1, -0.05) is 24.3 Å². The number of nitrogens with two attached hydrogens (primary N) is 1. The van der Waals surface area contributed by atoms with Gasteiger partial charge in [0.15, 0.2) is 0 Å². The Bertz CT molecular complexity index is 512. The van der Waals surface area contributed by atoms with Gasteiger partial charge in [-0.25, -0.2) is 0 Å². The zero-order valence-corrected chi connectivity index (χ0v) is 12.5. The second kappa shape index (κ2) is 6.85. The number of thiophene rings is 1. The molecule has 0 aliphatic rings. The lowest BCUT2D eigenvalue weighted by atomic mass is 10.0. The fourth-order valence-electron chi connectivity index (χ4n) is 2.17. The van der Waals surface area contributed by atoms with Gasteiger partial charge >= 0.3 is 0 Å². The Morgan fingerprint density at radius 3 is 2.53 bits per heavy atom. The van der Waals surface area contributed by atoms with Crippen molar-refractivity contribution in [2.75, 3.05) is 6.54 Å². The lowest BCUT2D eigenvalue weighted by Gasteiger charge is -2.08. The molecule has 2 nitrogen and oxygen atoms in total. The summed E-state index contributed by atoms with van der Waals surface area (Å²) in [7, 11) is 0. The average molecular weight is 274 g/mol. The van der Waals surface area contributed by atoms with Gasteiger partial charge in [0, 0.05) is 22.8 Å². The Morgan fingerprint density at radius 2 is 1.89 bits per heavy atom. The summed E-state index contributed by atoms with van der Waals surface area (Å²) < 4.78 is 0. The molecule has 0 saturated carbocycles. The monoisotopic (exact) mass is 274 g/mol. The van der Waals surface area contributed by atoms with Crippen LogP contribution in [-0.2, 0) is 19.5 Å². The SMILES string of the molecule is Cc1cc(CNCCc2ccccc2CN)sc1C. The highest BCUT2D eigenvalue weighted by Crippen LogP contribution is 2.20. The van der Waals surface area contributed by atoms with Crippen molar-refractivity contribution in [3.63, 3.8) is 0 Å². The molecule has 0 unspecified atom stereocenters. The molecule has 0 amide bonds. The summed E-state index contributed by atoms with van der Waals surface area (Å²) in [4.78, 5) is 2.84. The Hall–Kier alpha value is -1.16. The molecule has 1 aromatic carbocycles. The van der Waals surface area contributed by atoms with Crippen LogP contribution in [0.1, 0.15) is 26.4 Å². The maximum Gasteiger partial charge on any atom is 0.0300 e. The van der Waals surface area contributed by atoms with E-state index in [9.17, 15) is 0 Å². The van der Waals surface area contributed by atoms with E-state index in [0.717, 1.165) is 19.5 Å². The predicted molar refractivity (Wildman–Crippen MR) is 83.5 cm³/mol. The molecule has 2 rings (SSSR count). The molecule has 0 spiro atoms. The molecule has 0 atom stereocenters. The Morgan fingerprint density at radius 1 is 1.16 bits per heavy atom. The fourth-order valence-corrected chi connectivity index (χ4v) is 3.20. The van der Waals surface area contributed by atoms with Crippen LogP contribution in [0.25, 0.3) is 0 Å². The summed E-state index contributed by atoms with van der Waals surface area (Å²) in [5, 5.41) is 3.51. The molecule has 3 heteroatoms. The van der Waals surface area contributed by atoms with Crippen LogP contribution in [0.3, 0.4) is 0 Å². The largest absolute Gasteiger partial charge is 0.326 e. The third kappa shape index (κ3) is 3.90. The van der Waals surface area contributed by atoms with Gasteiger partial charge in [0.05, 0.1) is 0 Å². The number of rotatable bonds is 6. The molecular formula is C16H22N2S. The quantitative estimate of drug-likeness (QED) is 0.794. The zero-order chi connectivity index (χ0) is 13.7. The van der Waals surface area contributed by atoms with E-state index in [1.165, 1.54) is 26.4 Å². The van der Waals surface area contributed by atoms with E-state index in [1.54, 1.807) is 0 Å². The summed E-state index contributed by atoms with van der Waals surface area (Å²) in [5.74, 6) is 0. The minimum absolute atomic E-state index is 0.624. The van der Waals surface area contributed by atoms with Crippen molar-refractivity contribution in [1.82, 2.24) is 5.32 Å². The van der Waals surface area contributed by atoms with Crippen molar-refractivity contribution in [3.05, 3.63) is 56.8 Å². The van der Waals surface area contributed by atoms with E-state index >= 15 is 0 Å². The van der Waals surface area contributed by atoms with E-state index in [1.807, 2.05) is 11.3 Å². The van der Waals surface area contributed by atoms with Crippen LogP contribution < -0.4 is 11.1 Å². The first kappa shape index (κ1) is 14.3. The summed E-state index contributed by atoms with van der Waals surface area (Å²) >= 11 is 1.89. The van der Waals surface area contributed by atoms with E-state index in [0.29, 0.717) is 6.54 Å². The van der Waals surface area contributed by atoms with Crippen LogP contribution in [0, 0.1) is 13.8 Å². The molecule has 1 aromatic heterocycles. The maximum absolute atomic E-state index is 5.75. The standard InChI is InChI=1S/C16H22N2S/c1-12-9-16(19-13(12)2)11-18-8-7-14-5-3-4-6-15(14)10-17/h3-6,9,18H,7-8,10-11,17H2,1-2H3. The summed E-state index contributed by atoms with van der Waals surface area (Å²) in [6.07, 6.45) is 1.04.